The molecule has 4 bridgehead atoms. The first-order valence-electron chi connectivity index (χ1n) is 8.81. The van der Waals surface area contributed by atoms with Crippen LogP contribution in [0, 0.1) is 37.5 Å². The molecule has 4 aliphatic rings. The van der Waals surface area contributed by atoms with Gasteiger partial charge in [-0.1, -0.05) is 5.16 Å². The van der Waals surface area contributed by atoms with Crippen LogP contribution in [0.5, 0.6) is 0 Å². The van der Waals surface area contributed by atoms with Crippen molar-refractivity contribution in [2.75, 3.05) is 0 Å². The molecule has 5 rings (SSSR count). The third-order valence-electron chi connectivity index (χ3n) is 6.34. The number of aryl methyl sites for hydroxylation is 2. The van der Waals surface area contributed by atoms with Crippen molar-refractivity contribution in [3.8, 4) is 0 Å². The van der Waals surface area contributed by atoms with E-state index < -0.39 is 0 Å². The molecule has 1 aromatic heterocycles. The second kappa shape index (κ2) is 5.39. The molecule has 1 aromatic rings. The van der Waals surface area contributed by atoms with Crippen LogP contribution in [-0.4, -0.2) is 17.1 Å². The van der Waals surface area contributed by atoms with Crippen LogP contribution in [0.3, 0.4) is 0 Å². The average Bonchev–Trinajstić information content (AvgIpc) is 2.79. The van der Waals surface area contributed by atoms with E-state index in [1.165, 1.54) is 32.1 Å². The number of hydrogen-bond acceptors (Lipinski definition) is 3. The predicted molar refractivity (Wildman–Crippen MR) is 83.3 cm³/mol. The summed E-state index contributed by atoms with van der Waals surface area (Å²) in [6.45, 7) is 3.87. The Morgan fingerprint density at radius 1 is 1.14 bits per heavy atom. The van der Waals surface area contributed by atoms with Gasteiger partial charge in [-0.25, -0.2) is 0 Å². The molecule has 4 fully saturated rings. The van der Waals surface area contributed by atoms with Crippen LogP contribution >= 0.6 is 0 Å². The van der Waals surface area contributed by atoms with Gasteiger partial charge in [-0.3, -0.25) is 4.79 Å². The van der Waals surface area contributed by atoms with Crippen LogP contribution in [0.25, 0.3) is 0 Å². The summed E-state index contributed by atoms with van der Waals surface area (Å²) >= 11 is 0. The SMILES string of the molecule is Cc1noc(C)c1CCC(=O)NC1C2CC3CC(C2)CC1C3. The highest BCUT2D eigenvalue weighted by molar-refractivity contribution is 5.76. The van der Waals surface area contributed by atoms with E-state index in [-0.39, 0.29) is 5.91 Å². The number of carbonyl (C=O) groups excluding carboxylic acids is 1. The van der Waals surface area contributed by atoms with Crippen LogP contribution in [-0.2, 0) is 11.2 Å². The third-order valence-corrected chi connectivity index (χ3v) is 6.34. The lowest BCUT2D eigenvalue weighted by atomic mass is 9.54. The lowest BCUT2D eigenvalue weighted by Gasteiger charge is -2.54. The van der Waals surface area contributed by atoms with Gasteiger partial charge in [0, 0.05) is 18.0 Å². The van der Waals surface area contributed by atoms with E-state index in [0.29, 0.717) is 12.5 Å². The van der Waals surface area contributed by atoms with Crippen LogP contribution in [0.2, 0.25) is 0 Å². The molecule has 1 N–H and O–H groups in total. The Morgan fingerprint density at radius 2 is 1.77 bits per heavy atom. The van der Waals surface area contributed by atoms with Crippen LogP contribution in [0.4, 0.5) is 0 Å². The van der Waals surface area contributed by atoms with Gasteiger partial charge in [-0.05, 0) is 76.0 Å². The number of nitrogens with one attached hydrogen (secondary N) is 1. The van der Waals surface area contributed by atoms with Gasteiger partial charge < -0.3 is 9.84 Å². The summed E-state index contributed by atoms with van der Waals surface area (Å²) in [5, 5.41) is 7.34. The number of nitrogens with zero attached hydrogens (tertiary/aromatic N) is 1. The number of hydrogen-bond donors (Lipinski definition) is 1. The lowest BCUT2D eigenvalue weighted by Crippen LogP contribution is -2.55. The maximum absolute atomic E-state index is 12.4. The maximum Gasteiger partial charge on any atom is 0.220 e. The largest absolute Gasteiger partial charge is 0.361 e. The highest BCUT2D eigenvalue weighted by Crippen LogP contribution is 2.53. The summed E-state index contributed by atoms with van der Waals surface area (Å²) in [5.74, 6) is 4.46. The summed E-state index contributed by atoms with van der Waals surface area (Å²) < 4.78 is 5.17. The van der Waals surface area contributed by atoms with Gasteiger partial charge >= 0.3 is 0 Å². The average molecular weight is 302 g/mol. The fourth-order valence-electron chi connectivity index (χ4n) is 5.52. The van der Waals surface area contributed by atoms with Crippen LogP contribution < -0.4 is 5.32 Å². The Labute approximate surface area is 132 Å². The van der Waals surface area contributed by atoms with Gasteiger partial charge in [0.2, 0.25) is 5.91 Å². The maximum atomic E-state index is 12.4. The Balaban J connectivity index is 1.35. The summed E-state index contributed by atoms with van der Waals surface area (Å²) in [5.41, 5.74) is 2.01. The number of carbonyl (C=O) groups is 1. The monoisotopic (exact) mass is 302 g/mol. The normalized spacial score (nSPS) is 35.8. The fraction of sp³-hybridized carbons (Fsp3) is 0.778. The second-order valence-corrected chi connectivity index (χ2v) is 7.83. The molecule has 4 aliphatic carbocycles. The van der Waals surface area contributed by atoms with Gasteiger partial charge in [0.15, 0.2) is 0 Å². The summed E-state index contributed by atoms with van der Waals surface area (Å²) in [6.07, 6.45) is 8.14. The van der Waals surface area contributed by atoms with E-state index in [0.717, 1.165) is 47.1 Å². The molecule has 0 saturated heterocycles. The molecule has 0 spiro atoms. The van der Waals surface area contributed by atoms with E-state index in [1.807, 2.05) is 13.8 Å². The standard InChI is InChI=1S/C18H26N2O2/c1-10-16(11(2)22-20-10)3-4-17(21)19-18-14-6-12-5-13(8-14)9-15(18)7-12/h12-15,18H,3-9H2,1-2H3,(H,19,21). The number of amides is 1. The molecule has 120 valence electrons. The summed E-state index contributed by atoms with van der Waals surface area (Å²) in [7, 11) is 0. The Kier molecular flexibility index (Phi) is 3.50. The first-order valence-corrected chi connectivity index (χ1v) is 8.81. The topological polar surface area (TPSA) is 55.1 Å². The Bertz CT molecular complexity index is 530. The van der Waals surface area contributed by atoms with Crippen molar-refractivity contribution in [3.05, 3.63) is 17.0 Å². The number of rotatable bonds is 4. The zero-order valence-electron chi connectivity index (χ0n) is 13.6. The first-order chi connectivity index (χ1) is 10.6. The van der Waals surface area contributed by atoms with Crippen LogP contribution in [0.1, 0.15) is 55.5 Å². The van der Waals surface area contributed by atoms with Crippen molar-refractivity contribution in [1.29, 1.82) is 0 Å². The molecule has 4 nitrogen and oxygen atoms in total. The molecule has 1 heterocycles. The fourth-order valence-corrected chi connectivity index (χ4v) is 5.52. The minimum absolute atomic E-state index is 0.206. The molecule has 0 unspecified atom stereocenters. The highest BCUT2D eigenvalue weighted by Gasteiger charge is 2.48. The van der Waals surface area contributed by atoms with Crippen molar-refractivity contribution in [3.63, 3.8) is 0 Å². The van der Waals surface area contributed by atoms with Gasteiger partial charge in [-0.2, -0.15) is 0 Å². The highest BCUT2D eigenvalue weighted by atomic mass is 16.5. The third kappa shape index (κ3) is 2.46. The minimum Gasteiger partial charge on any atom is -0.361 e. The molecular weight excluding hydrogens is 276 g/mol. The van der Waals surface area contributed by atoms with E-state index in [2.05, 4.69) is 10.5 Å². The molecule has 0 aromatic carbocycles. The van der Waals surface area contributed by atoms with Crippen LogP contribution in [0.15, 0.2) is 4.52 Å². The zero-order chi connectivity index (χ0) is 15.3. The van der Waals surface area contributed by atoms with Gasteiger partial charge in [0.25, 0.3) is 0 Å². The van der Waals surface area contributed by atoms with E-state index >= 15 is 0 Å². The van der Waals surface area contributed by atoms with Gasteiger partial charge in [-0.15, -0.1) is 0 Å². The molecular formula is C18H26N2O2. The van der Waals surface area contributed by atoms with E-state index in [4.69, 9.17) is 4.52 Å². The smallest absolute Gasteiger partial charge is 0.220 e. The zero-order valence-corrected chi connectivity index (χ0v) is 13.6. The Hall–Kier alpha value is -1.32. The molecule has 0 atom stereocenters. The second-order valence-electron chi connectivity index (χ2n) is 7.83. The molecule has 1 amide bonds. The molecule has 22 heavy (non-hydrogen) atoms. The van der Waals surface area contributed by atoms with E-state index in [1.54, 1.807) is 0 Å². The summed E-state index contributed by atoms with van der Waals surface area (Å²) in [4.78, 5) is 12.4. The molecule has 4 heteroatoms. The van der Waals surface area contributed by atoms with E-state index in [9.17, 15) is 4.79 Å². The van der Waals surface area contributed by atoms with Gasteiger partial charge in [0.05, 0.1) is 5.69 Å². The Morgan fingerprint density at radius 3 is 2.32 bits per heavy atom. The van der Waals surface area contributed by atoms with Crippen molar-refractivity contribution < 1.29 is 9.32 Å². The first kappa shape index (κ1) is 14.3. The predicted octanol–water partition coefficient (Wildman–Crippen LogP) is 3.16. The molecule has 4 saturated carbocycles. The quantitative estimate of drug-likeness (QED) is 0.929. The number of aromatic nitrogens is 1. The van der Waals surface area contributed by atoms with Crippen molar-refractivity contribution >= 4 is 5.91 Å². The molecule has 0 aliphatic heterocycles. The minimum atomic E-state index is 0.206. The van der Waals surface area contributed by atoms with Crippen molar-refractivity contribution in [1.82, 2.24) is 10.5 Å². The van der Waals surface area contributed by atoms with Crippen molar-refractivity contribution in [2.24, 2.45) is 23.7 Å². The van der Waals surface area contributed by atoms with Crippen molar-refractivity contribution in [2.45, 2.75) is 64.8 Å². The van der Waals surface area contributed by atoms with Gasteiger partial charge in [0.1, 0.15) is 5.76 Å². The lowest BCUT2D eigenvalue weighted by molar-refractivity contribution is -0.125. The molecule has 0 radical (unpaired) electrons. The summed E-state index contributed by atoms with van der Waals surface area (Å²) in [6, 6.07) is 0.449.